The van der Waals surface area contributed by atoms with Crippen molar-refractivity contribution >= 4 is 11.8 Å². The Morgan fingerprint density at radius 3 is 3.05 bits per heavy atom. The van der Waals surface area contributed by atoms with E-state index in [2.05, 4.69) is 5.32 Å². The third-order valence-electron chi connectivity index (χ3n) is 3.34. The Morgan fingerprint density at radius 1 is 1.48 bits per heavy atom. The Hall–Kier alpha value is -0.780. The van der Waals surface area contributed by atoms with Gasteiger partial charge in [0.15, 0.2) is 0 Å². The van der Waals surface area contributed by atoms with E-state index < -0.39 is 5.60 Å². The maximum atomic E-state index is 13.3. The van der Waals surface area contributed by atoms with Gasteiger partial charge in [0.2, 0.25) is 0 Å². The van der Waals surface area contributed by atoms with Crippen molar-refractivity contribution in [1.82, 2.24) is 5.32 Å². The van der Waals surface area contributed by atoms with Crippen molar-refractivity contribution in [1.29, 1.82) is 0 Å². The van der Waals surface area contributed by atoms with Crippen molar-refractivity contribution < 1.29 is 14.2 Å². The molecule has 1 aromatic rings. The Balaban J connectivity index is 1.86. The summed E-state index contributed by atoms with van der Waals surface area (Å²) >= 11 is 1.73. The molecule has 2 rings (SSSR count). The van der Waals surface area contributed by atoms with Gasteiger partial charge in [-0.1, -0.05) is 6.07 Å². The fraction of sp³-hybridized carbons (Fsp3) is 0.625. The van der Waals surface area contributed by atoms with Crippen LogP contribution in [0.5, 0.6) is 5.75 Å². The number of hydrogen-bond donors (Lipinski definition) is 2. The van der Waals surface area contributed by atoms with E-state index in [-0.39, 0.29) is 11.9 Å². The number of aliphatic hydroxyl groups is 1. The van der Waals surface area contributed by atoms with E-state index >= 15 is 0 Å². The van der Waals surface area contributed by atoms with Crippen LogP contribution in [0.4, 0.5) is 4.39 Å². The number of rotatable bonds is 6. The number of thioether (sulfide) groups is 1. The number of benzene rings is 1. The van der Waals surface area contributed by atoms with Gasteiger partial charge < -0.3 is 15.2 Å². The Kier molecular flexibility index (Phi) is 5.90. The van der Waals surface area contributed by atoms with Crippen LogP contribution in [0.15, 0.2) is 18.2 Å². The molecule has 1 aliphatic heterocycles. The predicted molar refractivity (Wildman–Crippen MR) is 85.5 cm³/mol. The van der Waals surface area contributed by atoms with Gasteiger partial charge in [-0.2, -0.15) is 11.8 Å². The summed E-state index contributed by atoms with van der Waals surface area (Å²) in [6, 6.07) is 4.99. The number of fused-ring (bicyclic) bond motifs is 1. The summed E-state index contributed by atoms with van der Waals surface area (Å²) in [5, 5.41) is 13.2. The molecule has 0 fully saturated rings. The lowest BCUT2D eigenvalue weighted by Gasteiger charge is -2.19. The minimum atomic E-state index is -0.620. The highest BCUT2D eigenvalue weighted by Crippen LogP contribution is 2.32. The summed E-state index contributed by atoms with van der Waals surface area (Å²) < 4.78 is 18.9. The molecule has 21 heavy (non-hydrogen) atoms. The summed E-state index contributed by atoms with van der Waals surface area (Å²) in [6.45, 7) is 5.14. The molecule has 0 bridgehead atoms. The fourth-order valence-corrected chi connectivity index (χ4v) is 3.29. The Bertz CT molecular complexity index is 462. The quantitative estimate of drug-likeness (QED) is 0.792. The summed E-state index contributed by atoms with van der Waals surface area (Å²) in [5.74, 6) is 2.08. The lowest BCUT2D eigenvalue weighted by atomic mass is 10.0. The average molecular weight is 313 g/mol. The zero-order chi connectivity index (χ0) is 15.3. The molecule has 3 nitrogen and oxygen atoms in total. The van der Waals surface area contributed by atoms with Crippen LogP contribution in [-0.4, -0.2) is 35.4 Å². The lowest BCUT2D eigenvalue weighted by molar-refractivity contribution is 0.107. The standard InChI is InChI=1S/C16H24FNO2S/c1-16(2,19)11-21-9-7-18-14-4-3-8-20-15-10-12(17)5-6-13(14)15/h5-6,10,14,18-19H,3-4,7-9,11H2,1-2H3/t14-/m0/s1. The van der Waals surface area contributed by atoms with Crippen molar-refractivity contribution in [2.45, 2.75) is 38.3 Å². The smallest absolute Gasteiger partial charge is 0.126 e. The molecule has 0 unspecified atom stereocenters. The zero-order valence-corrected chi connectivity index (χ0v) is 13.5. The minimum Gasteiger partial charge on any atom is -0.493 e. The second-order valence-electron chi connectivity index (χ2n) is 6.04. The second-order valence-corrected chi connectivity index (χ2v) is 7.15. The van der Waals surface area contributed by atoms with Crippen LogP contribution in [0, 0.1) is 5.82 Å². The monoisotopic (exact) mass is 313 g/mol. The van der Waals surface area contributed by atoms with Crippen molar-refractivity contribution in [2.24, 2.45) is 0 Å². The van der Waals surface area contributed by atoms with Gasteiger partial charge in [0.25, 0.3) is 0 Å². The first-order valence-electron chi connectivity index (χ1n) is 7.41. The molecule has 0 aromatic heterocycles. The molecule has 1 aliphatic rings. The van der Waals surface area contributed by atoms with Gasteiger partial charge in [0.1, 0.15) is 11.6 Å². The summed E-state index contributed by atoms with van der Waals surface area (Å²) in [4.78, 5) is 0. The van der Waals surface area contributed by atoms with E-state index in [1.165, 1.54) is 12.1 Å². The number of halogens is 1. The molecule has 1 atom stereocenters. The lowest BCUT2D eigenvalue weighted by Crippen LogP contribution is -2.26. The van der Waals surface area contributed by atoms with Crippen LogP contribution in [0.1, 0.15) is 38.3 Å². The number of ether oxygens (including phenoxy) is 1. The first kappa shape index (κ1) is 16.6. The maximum Gasteiger partial charge on any atom is 0.126 e. The molecule has 1 aromatic carbocycles. The first-order valence-corrected chi connectivity index (χ1v) is 8.57. The largest absolute Gasteiger partial charge is 0.493 e. The zero-order valence-electron chi connectivity index (χ0n) is 12.7. The average Bonchev–Trinajstić information content (AvgIpc) is 2.59. The van der Waals surface area contributed by atoms with Crippen molar-refractivity contribution in [3.05, 3.63) is 29.6 Å². The number of hydrogen-bond acceptors (Lipinski definition) is 4. The molecule has 0 saturated carbocycles. The van der Waals surface area contributed by atoms with E-state index in [1.54, 1.807) is 11.8 Å². The molecule has 5 heteroatoms. The van der Waals surface area contributed by atoms with E-state index in [9.17, 15) is 9.50 Å². The predicted octanol–water partition coefficient (Wildman–Crippen LogP) is 3.13. The van der Waals surface area contributed by atoms with Gasteiger partial charge in [-0.3, -0.25) is 0 Å². The molecule has 0 amide bonds. The van der Waals surface area contributed by atoms with Gasteiger partial charge in [0.05, 0.1) is 12.2 Å². The molecule has 0 radical (unpaired) electrons. The highest BCUT2D eigenvalue weighted by atomic mass is 32.2. The number of nitrogens with one attached hydrogen (secondary N) is 1. The molecular formula is C16H24FNO2S. The van der Waals surface area contributed by atoms with Crippen molar-refractivity contribution in [3.63, 3.8) is 0 Å². The molecule has 0 spiro atoms. The SMILES string of the molecule is CC(C)(O)CSCCN[C@H]1CCCOc2cc(F)ccc21. The van der Waals surface area contributed by atoms with Gasteiger partial charge in [-0.25, -0.2) is 4.39 Å². The summed E-state index contributed by atoms with van der Waals surface area (Å²) in [6.07, 6.45) is 1.96. The van der Waals surface area contributed by atoms with E-state index in [0.717, 1.165) is 36.5 Å². The fourth-order valence-electron chi connectivity index (χ4n) is 2.39. The Labute approximate surface area is 130 Å². The molecular weight excluding hydrogens is 289 g/mol. The molecule has 2 N–H and O–H groups in total. The maximum absolute atomic E-state index is 13.3. The van der Waals surface area contributed by atoms with Crippen LogP contribution in [0.3, 0.4) is 0 Å². The van der Waals surface area contributed by atoms with Crippen LogP contribution in [0.2, 0.25) is 0 Å². The van der Waals surface area contributed by atoms with Gasteiger partial charge in [0, 0.05) is 35.7 Å². The molecule has 0 saturated heterocycles. The van der Waals surface area contributed by atoms with Crippen LogP contribution < -0.4 is 10.1 Å². The van der Waals surface area contributed by atoms with Gasteiger partial charge in [-0.15, -0.1) is 0 Å². The van der Waals surface area contributed by atoms with Crippen LogP contribution >= 0.6 is 11.8 Å². The van der Waals surface area contributed by atoms with E-state index in [4.69, 9.17) is 4.74 Å². The normalized spacial score (nSPS) is 18.8. The van der Waals surface area contributed by atoms with Gasteiger partial charge in [-0.05, 0) is 32.8 Å². The van der Waals surface area contributed by atoms with Gasteiger partial charge >= 0.3 is 0 Å². The van der Waals surface area contributed by atoms with Crippen LogP contribution in [0.25, 0.3) is 0 Å². The highest BCUT2D eigenvalue weighted by molar-refractivity contribution is 7.99. The first-order chi connectivity index (χ1) is 9.96. The third kappa shape index (κ3) is 5.49. The topological polar surface area (TPSA) is 41.5 Å². The summed E-state index contributed by atoms with van der Waals surface area (Å²) in [5.41, 5.74) is 0.423. The Morgan fingerprint density at radius 2 is 2.29 bits per heavy atom. The van der Waals surface area contributed by atoms with Crippen molar-refractivity contribution in [3.8, 4) is 5.75 Å². The molecule has 0 aliphatic carbocycles. The van der Waals surface area contributed by atoms with Crippen molar-refractivity contribution in [2.75, 3.05) is 24.7 Å². The highest BCUT2D eigenvalue weighted by Gasteiger charge is 2.20. The molecule has 1 heterocycles. The molecule has 118 valence electrons. The van der Waals surface area contributed by atoms with E-state index in [0.29, 0.717) is 12.4 Å². The summed E-state index contributed by atoms with van der Waals surface area (Å²) in [7, 11) is 0. The van der Waals surface area contributed by atoms with Crippen LogP contribution in [-0.2, 0) is 0 Å². The third-order valence-corrected chi connectivity index (χ3v) is 4.74. The second kappa shape index (κ2) is 7.47. The van der Waals surface area contributed by atoms with E-state index in [1.807, 2.05) is 19.9 Å². The minimum absolute atomic E-state index is 0.214.